The number of carboxylic acid groups (broad SMARTS) is 1. The molecule has 2 saturated carbocycles. The Kier molecular flexibility index (Phi) is 3.03. The van der Waals surface area contributed by atoms with Crippen molar-refractivity contribution in [2.45, 2.75) is 38.6 Å². The van der Waals surface area contributed by atoms with Gasteiger partial charge in [0.1, 0.15) is 0 Å². The van der Waals surface area contributed by atoms with Crippen LogP contribution < -0.4 is 10.0 Å². The fourth-order valence-electron chi connectivity index (χ4n) is 5.05. The van der Waals surface area contributed by atoms with Gasteiger partial charge in [0.25, 0.3) is 0 Å². The Bertz CT molecular complexity index is 641. The zero-order valence-corrected chi connectivity index (χ0v) is 12.7. The average molecular weight is 298 g/mol. The van der Waals surface area contributed by atoms with E-state index in [9.17, 15) is 14.7 Å². The smallest absolute Gasteiger partial charge is 0.231 e. The first-order chi connectivity index (χ1) is 10.6. The maximum Gasteiger partial charge on any atom is 0.231 e. The van der Waals surface area contributed by atoms with E-state index < -0.39 is 17.8 Å². The van der Waals surface area contributed by atoms with Crippen LogP contribution in [0.3, 0.4) is 0 Å². The van der Waals surface area contributed by atoms with Crippen LogP contribution in [-0.2, 0) is 16.0 Å². The van der Waals surface area contributed by atoms with Crippen molar-refractivity contribution >= 4 is 17.6 Å². The van der Waals surface area contributed by atoms with E-state index in [0.717, 1.165) is 31.4 Å². The molecule has 2 fully saturated rings. The highest BCUT2D eigenvalue weighted by molar-refractivity contribution is 6.00. The zero-order valence-electron chi connectivity index (χ0n) is 12.7. The van der Waals surface area contributed by atoms with Gasteiger partial charge < -0.3 is 14.8 Å². The molecule has 0 unspecified atom stereocenters. The van der Waals surface area contributed by atoms with Crippen LogP contribution in [0.25, 0.3) is 0 Å². The summed E-state index contributed by atoms with van der Waals surface area (Å²) in [7, 11) is 0. The highest BCUT2D eigenvalue weighted by Crippen LogP contribution is 2.53. The van der Waals surface area contributed by atoms with Crippen molar-refractivity contribution in [2.24, 2.45) is 23.7 Å². The van der Waals surface area contributed by atoms with Gasteiger partial charge in [0.05, 0.1) is 0 Å². The normalized spacial score (nSPS) is 35.7. The lowest BCUT2D eigenvalue weighted by Crippen LogP contribution is -2.48. The van der Waals surface area contributed by atoms with Gasteiger partial charge in [-0.05, 0) is 56.1 Å². The van der Waals surface area contributed by atoms with Crippen LogP contribution in [0.1, 0.15) is 31.7 Å². The standard InChI is InChI=1S/C18H21NO3/c1-10-8-11-4-2-3-5-14(11)19(10)17(20)15-12-6-7-13(9-12)16(15)18(21)22/h2-5,10,12-13,15-16H,6-9H2,1H3,(H,21,22)/p-1/t10-,12-,13-,15+,16+/m1/s1. The van der Waals surface area contributed by atoms with Crippen molar-refractivity contribution in [3.05, 3.63) is 29.8 Å². The fraction of sp³-hybridized carbons (Fsp3) is 0.556. The van der Waals surface area contributed by atoms with E-state index in [-0.39, 0.29) is 23.8 Å². The molecule has 22 heavy (non-hydrogen) atoms. The van der Waals surface area contributed by atoms with Gasteiger partial charge >= 0.3 is 0 Å². The third kappa shape index (κ3) is 1.82. The van der Waals surface area contributed by atoms with Crippen molar-refractivity contribution < 1.29 is 14.7 Å². The van der Waals surface area contributed by atoms with Gasteiger partial charge in [0, 0.05) is 29.5 Å². The lowest BCUT2D eigenvalue weighted by Gasteiger charge is -2.35. The highest BCUT2D eigenvalue weighted by Gasteiger charge is 2.53. The molecule has 3 aliphatic rings. The summed E-state index contributed by atoms with van der Waals surface area (Å²) in [5.74, 6) is -1.66. The third-order valence-corrected chi connectivity index (χ3v) is 5.92. The number of nitrogens with zero attached hydrogens (tertiary/aromatic N) is 1. The Balaban J connectivity index is 1.68. The molecule has 1 aromatic rings. The van der Waals surface area contributed by atoms with Crippen molar-refractivity contribution in [1.82, 2.24) is 0 Å². The Morgan fingerprint density at radius 3 is 2.55 bits per heavy atom. The second kappa shape index (κ2) is 4.83. The summed E-state index contributed by atoms with van der Waals surface area (Å²) in [5.41, 5.74) is 2.14. The number of fused-ring (bicyclic) bond motifs is 3. The SMILES string of the molecule is C[C@@H]1Cc2ccccc2N1C(=O)[C@H]1[C@@H]2CC[C@H](C2)[C@@H]1C(=O)[O-]. The second-order valence-corrected chi connectivity index (χ2v) is 7.09. The molecule has 0 N–H and O–H groups in total. The number of hydrogen-bond donors (Lipinski definition) is 0. The molecule has 1 aliphatic heterocycles. The van der Waals surface area contributed by atoms with Crippen LogP contribution in [-0.4, -0.2) is 17.9 Å². The summed E-state index contributed by atoms with van der Waals surface area (Å²) in [4.78, 5) is 26.6. The number of carbonyl (C=O) groups is 2. The molecule has 4 rings (SSSR count). The summed E-state index contributed by atoms with van der Waals surface area (Å²) < 4.78 is 0. The van der Waals surface area contributed by atoms with Crippen LogP contribution in [0.15, 0.2) is 24.3 Å². The summed E-state index contributed by atoms with van der Waals surface area (Å²) in [6.45, 7) is 2.04. The fourth-order valence-corrected chi connectivity index (χ4v) is 5.05. The van der Waals surface area contributed by atoms with E-state index in [1.165, 1.54) is 5.56 Å². The van der Waals surface area contributed by atoms with Gasteiger partial charge in [-0.15, -0.1) is 0 Å². The molecule has 0 spiro atoms. The molecule has 0 saturated heterocycles. The summed E-state index contributed by atoms with van der Waals surface area (Å²) >= 11 is 0. The molecule has 1 heterocycles. The highest BCUT2D eigenvalue weighted by atomic mass is 16.4. The largest absolute Gasteiger partial charge is 0.550 e. The molecule has 4 heteroatoms. The zero-order chi connectivity index (χ0) is 15.4. The van der Waals surface area contributed by atoms with Gasteiger partial charge in [-0.25, -0.2) is 0 Å². The van der Waals surface area contributed by atoms with Gasteiger partial charge in [-0.2, -0.15) is 0 Å². The van der Waals surface area contributed by atoms with Crippen LogP contribution in [0.5, 0.6) is 0 Å². The van der Waals surface area contributed by atoms with Crippen LogP contribution in [0, 0.1) is 23.7 Å². The Morgan fingerprint density at radius 2 is 1.82 bits per heavy atom. The predicted molar refractivity (Wildman–Crippen MR) is 79.9 cm³/mol. The van der Waals surface area contributed by atoms with E-state index in [2.05, 4.69) is 6.07 Å². The molecule has 1 amide bonds. The van der Waals surface area contributed by atoms with Gasteiger partial charge in [-0.1, -0.05) is 18.2 Å². The van der Waals surface area contributed by atoms with E-state index in [0.29, 0.717) is 0 Å². The first-order valence-corrected chi connectivity index (χ1v) is 8.19. The van der Waals surface area contributed by atoms with E-state index in [1.807, 2.05) is 30.0 Å². The van der Waals surface area contributed by atoms with Crippen LogP contribution in [0.4, 0.5) is 5.69 Å². The number of para-hydroxylation sites is 1. The van der Waals surface area contributed by atoms with Crippen molar-refractivity contribution in [3.63, 3.8) is 0 Å². The summed E-state index contributed by atoms with van der Waals surface area (Å²) in [5, 5.41) is 11.6. The topological polar surface area (TPSA) is 60.4 Å². The Hall–Kier alpha value is -1.84. The number of carbonyl (C=O) groups excluding carboxylic acids is 2. The summed E-state index contributed by atoms with van der Waals surface area (Å²) in [6.07, 6.45) is 3.63. The lowest BCUT2D eigenvalue weighted by atomic mass is 9.78. The molecule has 0 aromatic heterocycles. The van der Waals surface area contributed by atoms with Crippen LogP contribution in [0.2, 0.25) is 0 Å². The molecule has 4 nitrogen and oxygen atoms in total. The Morgan fingerprint density at radius 1 is 1.14 bits per heavy atom. The molecule has 2 bridgehead atoms. The van der Waals surface area contributed by atoms with E-state index >= 15 is 0 Å². The minimum absolute atomic E-state index is 0.00106. The second-order valence-electron chi connectivity index (χ2n) is 7.09. The summed E-state index contributed by atoms with van der Waals surface area (Å²) in [6, 6.07) is 8.05. The Labute approximate surface area is 130 Å². The minimum Gasteiger partial charge on any atom is -0.550 e. The van der Waals surface area contributed by atoms with Crippen molar-refractivity contribution in [2.75, 3.05) is 4.90 Å². The molecular formula is C18H20NO3-. The number of rotatable bonds is 2. The monoisotopic (exact) mass is 298 g/mol. The number of amides is 1. The minimum atomic E-state index is -1.04. The molecule has 5 atom stereocenters. The molecular weight excluding hydrogens is 278 g/mol. The molecule has 1 aromatic carbocycles. The number of benzene rings is 1. The number of anilines is 1. The molecule has 0 radical (unpaired) electrons. The maximum absolute atomic E-state index is 13.2. The maximum atomic E-state index is 13.2. The predicted octanol–water partition coefficient (Wildman–Crippen LogP) is 1.38. The number of hydrogen-bond acceptors (Lipinski definition) is 3. The van der Waals surface area contributed by atoms with Crippen LogP contribution >= 0.6 is 0 Å². The lowest BCUT2D eigenvalue weighted by molar-refractivity contribution is -0.314. The van der Waals surface area contributed by atoms with Crippen molar-refractivity contribution in [3.8, 4) is 0 Å². The van der Waals surface area contributed by atoms with Gasteiger partial charge in [-0.3, -0.25) is 4.79 Å². The first-order valence-electron chi connectivity index (χ1n) is 8.19. The van der Waals surface area contributed by atoms with Gasteiger partial charge in [0.15, 0.2) is 0 Å². The average Bonchev–Trinajstić information content (AvgIpc) is 3.17. The quantitative estimate of drug-likeness (QED) is 0.828. The molecule has 2 aliphatic carbocycles. The number of carboxylic acids is 1. The molecule has 116 valence electrons. The van der Waals surface area contributed by atoms with Gasteiger partial charge in [0.2, 0.25) is 5.91 Å². The van der Waals surface area contributed by atoms with Crippen molar-refractivity contribution in [1.29, 1.82) is 0 Å². The number of aliphatic carboxylic acids is 1. The first kappa shape index (κ1) is 13.8. The third-order valence-electron chi connectivity index (χ3n) is 5.92. The van der Waals surface area contributed by atoms with E-state index in [1.54, 1.807) is 0 Å². The van der Waals surface area contributed by atoms with E-state index in [4.69, 9.17) is 0 Å².